The predicted octanol–water partition coefficient (Wildman–Crippen LogP) is 4.20. The monoisotopic (exact) mass is 327 g/mol. The van der Waals surface area contributed by atoms with Gasteiger partial charge in [0.15, 0.2) is 0 Å². The Morgan fingerprint density at radius 2 is 2.12 bits per heavy atom. The van der Waals surface area contributed by atoms with Crippen molar-refractivity contribution in [2.75, 3.05) is 5.32 Å². The van der Waals surface area contributed by atoms with Gasteiger partial charge in [0.25, 0.3) is 0 Å². The molecule has 0 aliphatic heterocycles. The SMILES string of the molecule is Cc1cc(I)ccc1NC1CC2CCC1C2. The average Bonchev–Trinajstić information content (AvgIpc) is 2.84. The van der Waals surface area contributed by atoms with Crippen molar-refractivity contribution in [3.8, 4) is 0 Å². The Hall–Kier alpha value is -0.250. The molecule has 1 nitrogen and oxygen atoms in total. The Balaban J connectivity index is 1.74. The van der Waals surface area contributed by atoms with Crippen molar-refractivity contribution >= 4 is 28.3 Å². The number of rotatable bonds is 2. The highest BCUT2D eigenvalue weighted by Crippen LogP contribution is 2.45. The van der Waals surface area contributed by atoms with E-state index in [1.807, 2.05) is 0 Å². The highest BCUT2D eigenvalue weighted by Gasteiger charge is 2.39. The van der Waals surface area contributed by atoms with Crippen LogP contribution in [-0.2, 0) is 0 Å². The standard InChI is InChI=1S/C14H18IN/c1-9-6-12(15)4-5-13(9)16-14-8-10-2-3-11(14)7-10/h4-6,10-11,14,16H,2-3,7-8H2,1H3. The number of anilines is 1. The van der Waals surface area contributed by atoms with Gasteiger partial charge in [0.2, 0.25) is 0 Å². The molecule has 2 fully saturated rings. The quantitative estimate of drug-likeness (QED) is 0.803. The predicted molar refractivity (Wildman–Crippen MR) is 76.8 cm³/mol. The molecule has 0 heterocycles. The average molecular weight is 327 g/mol. The van der Waals surface area contributed by atoms with Gasteiger partial charge in [-0.05, 0) is 84.4 Å². The van der Waals surface area contributed by atoms with Crippen LogP contribution in [0.5, 0.6) is 0 Å². The summed E-state index contributed by atoms with van der Waals surface area (Å²) >= 11 is 2.38. The summed E-state index contributed by atoms with van der Waals surface area (Å²) in [5.41, 5.74) is 2.73. The van der Waals surface area contributed by atoms with Crippen LogP contribution in [0.3, 0.4) is 0 Å². The maximum absolute atomic E-state index is 3.76. The minimum absolute atomic E-state index is 0.748. The van der Waals surface area contributed by atoms with Gasteiger partial charge in [0, 0.05) is 15.3 Å². The largest absolute Gasteiger partial charge is 0.382 e. The lowest BCUT2D eigenvalue weighted by atomic mass is 9.95. The molecule has 3 rings (SSSR count). The molecule has 16 heavy (non-hydrogen) atoms. The van der Waals surface area contributed by atoms with Gasteiger partial charge in [-0.2, -0.15) is 0 Å². The molecule has 0 aromatic heterocycles. The lowest BCUT2D eigenvalue weighted by Crippen LogP contribution is -2.26. The minimum atomic E-state index is 0.748. The molecular weight excluding hydrogens is 309 g/mol. The minimum Gasteiger partial charge on any atom is -0.382 e. The number of hydrogen-bond acceptors (Lipinski definition) is 1. The fraction of sp³-hybridized carbons (Fsp3) is 0.571. The van der Waals surface area contributed by atoms with Crippen LogP contribution in [0.2, 0.25) is 0 Å². The summed E-state index contributed by atoms with van der Waals surface area (Å²) in [6.07, 6.45) is 5.80. The van der Waals surface area contributed by atoms with Gasteiger partial charge >= 0.3 is 0 Å². The highest BCUT2D eigenvalue weighted by molar-refractivity contribution is 14.1. The topological polar surface area (TPSA) is 12.0 Å². The fourth-order valence-electron chi connectivity index (χ4n) is 3.41. The molecule has 1 N–H and O–H groups in total. The smallest absolute Gasteiger partial charge is 0.0372 e. The molecule has 86 valence electrons. The van der Waals surface area contributed by atoms with E-state index in [1.165, 1.54) is 40.5 Å². The van der Waals surface area contributed by atoms with E-state index in [0.29, 0.717) is 0 Å². The van der Waals surface area contributed by atoms with Crippen molar-refractivity contribution in [1.82, 2.24) is 0 Å². The van der Waals surface area contributed by atoms with Gasteiger partial charge in [0.05, 0.1) is 0 Å². The van der Waals surface area contributed by atoms with E-state index in [4.69, 9.17) is 0 Å². The number of aryl methyl sites for hydroxylation is 1. The first kappa shape index (κ1) is 10.9. The van der Waals surface area contributed by atoms with Crippen molar-refractivity contribution in [2.24, 2.45) is 11.8 Å². The van der Waals surface area contributed by atoms with Crippen LogP contribution in [0.1, 0.15) is 31.2 Å². The number of benzene rings is 1. The van der Waals surface area contributed by atoms with Crippen LogP contribution in [0.25, 0.3) is 0 Å². The summed E-state index contributed by atoms with van der Waals surface area (Å²) < 4.78 is 1.33. The second kappa shape index (κ2) is 4.21. The number of hydrogen-bond donors (Lipinski definition) is 1. The van der Waals surface area contributed by atoms with Crippen molar-refractivity contribution < 1.29 is 0 Å². The van der Waals surface area contributed by atoms with Crippen LogP contribution in [0.4, 0.5) is 5.69 Å². The fourth-order valence-corrected chi connectivity index (χ4v) is 4.06. The number of nitrogens with one attached hydrogen (secondary N) is 1. The highest BCUT2D eigenvalue weighted by atomic mass is 127. The lowest BCUT2D eigenvalue weighted by molar-refractivity contribution is 0.439. The molecule has 2 bridgehead atoms. The Morgan fingerprint density at radius 3 is 2.75 bits per heavy atom. The number of halogens is 1. The van der Waals surface area contributed by atoms with Crippen molar-refractivity contribution in [3.63, 3.8) is 0 Å². The summed E-state index contributed by atoms with van der Waals surface area (Å²) in [6, 6.07) is 7.44. The Morgan fingerprint density at radius 1 is 1.25 bits per heavy atom. The molecule has 2 aliphatic carbocycles. The third-order valence-corrected chi connectivity index (χ3v) is 4.94. The zero-order chi connectivity index (χ0) is 11.1. The Kier molecular flexibility index (Phi) is 2.86. The van der Waals surface area contributed by atoms with E-state index >= 15 is 0 Å². The molecule has 0 radical (unpaired) electrons. The van der Waals surface area contributed by atoms with Crippen molar-refractivity contribution in [1.29, 1.82) is 0 Å². The van der Waals surface area contributed by atoms with Gasteiger partial charge in [0.1, 0.15) is 0 Å². The van der Waals surface area contributed by atoms with Crippen LogP contribution >= 0.6 is 22.6 Å². The summed E-state index contributed by atoms with van der Waals surface area (Å²) in [7, 11) is 0. The van der Waals surface area contributed by atoms with E-state index < -0.39 is 0 Å². The Labute approximate surface area is 111 Å². The summed E-state index contributed by atoms with van der Waals surface area (Å²) in [5, 5.41) is 3.76. The van der Waals surface area contributed by atoms with Gasteiger partial charge in [-0.3, -0.25) is 0 Å². The molecule has 0 saturated heterocycles. The molecular formula is C14H18IN. The molecule has 0 amide bonds. The van der Waals surface area contributed by atoms with Crippen LogP contribution < -0.4 is 5.32 Å². The summed E-state index contributed by atoms with van der Waals surface area (Å²) in [4.78, 5) is 0. The van der Waals surface area contributed by atoms with E-state index in [9.17, 15) is 0 Å². The third kappa shape index (κ3) is 1.96. The van der Waals surface area contributed by atoms with Crippen LogP contribution in [0, 0.1) is 22.3 Å². The first-order valence-electron chi connectivity index (χ1n) is 6.25. The maximum Gasteiger partial charge on any atom is 0.0372 e. The van der Waals surface area contributed by atoms with Crippen molar-refractivity contribution in [3.05, 3.63) is 27.3 Å². The van der Waals surface area contributed by atoms with Gasteiger partial charge in [-0.15, -0.1) is 0 Å². The molecule has 2 saturated carbocycles. The molecule has 2 aliphatic rings. The number of fused-ring (bicyclic) bond motifs is 2. The van der Waals surface area contributed by atoms with Crippen molar-refractivity contribution in [2.45, 2.75) is 38.6 Å². The van der Waals surface area contributed by atoms with E-state index in [-0.39, 0.29) is 0 Å². The Bertz CT molecular complexity index is 402. The van der Waals surface area contributed by atoms with Crippen LogP contribution in [-0.4, -0.2) is 6.04 Å². The molecule has 1 aromatic carbocycles. The summed E-state index contributed by atoms with van der Waals surface area (Å²) in [5.74, 6) is 1.97. The van der Waals surface area contributed by atoms with Gasteiger partial charge in [-0.25, -0.2) is 0 Å². The zero-order valence-corrected chi connectivity index (χ0v) is 11.8. The molecule has 3 unspecified atom stereocenters. The first-order chi connectivity index (χ1) is 7.72. The maximum atomic E-state index is 3.76. The zero-order valence-electron chi connectivity index (χ0n) is 9.67. The molecule has 3 atom stereocenters. The molecule has 2 heteroatoms. The molecule has 0 spiro atoms. The van der Waals surface area contributed by atoms with E-state index in [1.54, 1.807) is 0 Å². The van der Waals surface area contributed by atoms with Gasteiger partial charge < -0.3 is 5.32 Å². The van der Waals surface area contributed by atoms with E-state index in [0.717, 1.165) is 17.9 Å². The van der Waals surface area contributed by atoms with Gasteiger partial charge in [-0.1, -0.05) is 6.42 Å². The normalized spacial score (nSPS) is 32.0. The second-order valence-electron chi connectivity index (χ2n) is 5.38. The third-order valence-electron chi connectivity index (χ3n) is 4.27. The van der Waals surface area contributed by atoms with E-state index in [2.05, 4.69) is 53.0 Å². The first-order valence-corrected chi connectivity index (χ1v) is 7.33. The lowest BCUT2D eigenvalue weighted by Gasteiger charge is -2.25. The second-order valence-corrected chi connectivity index (χ2v) is 6.63. The summed E-state index contributed by atoms with van der Waals surface area (Å²) in [6.45, 7) is 2.21. The molecule has 1 aromatic rings. The van der Waals surface area contributed by atoms with Crippen LogP contribution in [0.15, 0.2) is 18.2 Å².